The van der Waals surface area contributed by atoms with Crippen molar-refractivity contribution in [2.24, 2.45) is 11.7 Å². The van der Waals surface area contributed by atoms with E-state index in [1.807, 2.05) is 12.4 Å². The Morgan fingerprint density at radius 3 is 2.45 bits per heavy atom. The molecule has 112 valence electrons. The van der Waals surface area contributed by atoms with Crippen molar-refractivity contribution in [2.45, 2.75) is 58.4 Å². The molecule has 0 bridgehead atoms. The standard InChI is InChI=1S/C16H28N4/c1-4-6-14-11-19-15(12-18-14)20-9-7-13(8-10-20)16(3,17)5-2/h11-13H,4-10,17H2,1-3H3. The molecule has 1 unspecified atom stereocenters. The van der Waals surface area contributed by atoms with Gasteiger partial charge in [0.05, 0.1) is 18.1 Å². The Morgan fingerprint density at radius 2 is 1.95 bits per heavy atom. The summed E-state index contributed by atoms with van der Waals surface area (Å²) in [6.45, 7) is 8.62. The van der Waals surface area contributed by atoms with Crippen molar-refractivity contribution >= 4 is 5.82 Å². The second-order valence-corrected chi connectivity index (χ2v) is 6.24. The molecule has 4 heteroatoms. The van der Waals surface area contributed by atoms with Gasteiger partial charge in [-0.15, -0.1) is 0 Å². The largest absolute Gasteiger partial charge is 0.355 e. The van der Waals surface area contributed by atoms with Crippen molar-refractivity contribution in [1.29, 1.82) is 0 Å². The first-order valence-corrected chi connectivity index (χ1v) is 7.91. The van der Waals surface area contributed by atoms with E-state index in [0.29, 0.717) is 5.92 Å². The molecule has 2 N–H and O–H groups in total. The predicted molar refractivity (Wildman–Crippen MR) is 83.8 cm³/mol. The van der Waals surface area contributed by atoms with Gasteiger partial charge in [0, 0.05) is 18.6 Å². The van der Waals surface area contributed by atoms with E-state index < -0.39 is 0 Å². The van der Waals surface area contributed by atoms with Gasteiger partial charge in [-0.3, -0.25) is 4.98 Å². The zero-order valence-electron chi connectivity index (χ0n) is 13.1. The maximum Gasteiger partial charge on any atom is 0.147 e. The number of anilines is 1. The highest BCUT2D eigenvalue weighted by Crippen LogP contribution is 2.30. The fraction of sp³-hybridized carbons (Fsp3) is 0.750. The Kier molecular flexibility index (Phi) is 4.97. The van der Waals surface area contributed by atoms with Gasteiger partial charge in [-0.2, -0.15) is 0 Å². The van der Waals surface area contributed by atoms with Gasteiger partial charge in [0.2, 0.25) is 0 Å². The molecule has 1 fully saturated rings. The third-order valence-electron chi connectivity index (χ3n) is 4.71. The zero-order valence-corrected chi connectivity index (χ0v) is 13.1. The third-order valence-corrected chi connectivity index (χ3v) is 4.71. The van der Waals surface area contributed by atoms with Crippen LogP contribution in [0, 0.1) is 5.92 Å². The Hall–Kier alpha value is -1.16. The minimum Gasteiger partial charge on any atom is -0.355 e. The van der Waals surface area contributed by atoms with Crippen LogP contribution >= 0.6 is 0 Å². The highest BCUT2D eigenvalue weighted by Gasteiger charge is 2.31. The van der Waals surface area contributed by atoms with E-state index in [1.54, 1.807) is 0 Å². The van der Waals surface area contributed by atoms with E-state index in [1.165, 1.54) is 0 Å². The fourth-order valence-electron chi connectivity index (χ4n) is 2.95. The van der Waals surface area contributed by atoms with Crippen molar-refractivity contribution < 1.29 is 0 Å². The lowest BCUT2D eigenvalue weighted by Gasteiger charge is -2.40. The van der Waals surface area contributed by atoms with Crippen LogP contribution in [0.1, 0.15) is 52.1 Å². The monoisotopic (exact) mass is 276 g/mol. The number of hydrogen-bond acceptors (Lipinski definition) is 4. The van der Waals surface area contributed by atoms with Crippen LogP contribution in [0.15, 0.2) is 12.4 Å². The van der Waals surface area contributed by atoms with Crippen LogP contribution in [0.4, 0.5) is 5.82 Å². The van der Waals surface area contributed by atoms with Gasteiger partial charge in [0.25, 0.3) is 0 Å². The number of piperidine rings is 1. The molecule has 20 heavy (non-hydrogen) atoms. The molecule has 0 saturated carbocycles. The molecular weight excluding hydrogens is 248 g/mol. The molecule has 1 aliphatic rings. The molecule has 0 aromatic carbocycles. The molecule has 1 saturated heterocycles. The quantitative estimate of drug-likeness (QED) is 0.898. The highest BCUT2D eigenvalue weighted by molar-refractivity contribution is 5.36. The lowest BCUT2D eigenvalue weighted by molar-refractivity contribution is 0.238. The number of aromatic nitrogens is 2. The van der Waals surface area contributed by atoms with Crippen molar-refractivity contribution in [2.75, 3.05) is 18.0 Å². The van der Waals surface area contributed by atoms with E-state index in [2.05, 4.69) is 35.6 Å². The van der Waals surface area contributed by atoms with E-state index >= 15 is 0 Å². The van der Waals surface area contributed by atoms with Gasteiger partial charge in [-0.25, -0.2) is 4.98 Å². The summed E-state index contributed by atoms with van der Waals surface area (Å²) in [5.74, 6) is 1.63. The van der Waals surface area contributed by atoms with Crippen molar-refractivity contribution in [1.82, 2.24) is 9.97 Å². The molecular formula is C16H28N4. The summed E-state index contributed by atoms with van der Waals surface area (Å²) in [6.07, 6.45) is 9.32. The van der Waals surface area contributed by atoms with Gasteiger partial charge in [-0.05, 0) is 38.5 Å². The summed E-state index contributed by atoms with van der Waals surface area (Å²) in [4.78, 5) is 11.4. The summed E-state index contributed by atoms with van der Waals surface area (Å²) in [5, 5.41) is 0. The number of rotatable bonds is 5. The minimum atomic E-state index is -0.0250. The average Bonchev–Trinajstić information content (AvgIpc) is 2.48. The van der Waals surface area contributed by atoms with Crippen LogP contribution in [0.3, 0.4) is 0 Å². The maximum absolute atomic E-state index is 6.38. The fourth-order valence-corrected chi connectivity index (χ4v) is 2.95. The summed E-state index contributed by atoms with van der Waals surface area (Å²) in [5.41, 5.74) is 7.45. The van der Waals surface area contributed by atoms with Gasteiger partial charge < -0.3 is 10.6 Å². The Bertz CT molecular complexity index is 405. The van der Waals surface area contributed by atoms with E-state index in [0.717, 1.165) is 56.7 Å². The number of nitrogens with two attached hydrogens (primary N) is 1. The highest BCUT2D eigenvalue weighted by atomic mass is 15.2. The van der Waals surface area contributed by atoms with Crippen LogP contribution in [0.2, 0.25) is 0 Å². The number of aryl methyl sites for hydroxylation is 1. The summed E-state index contributed by atoms with van der Waals surface area (Å²) >= 11 is 0. The van der Waals surface area contributed by atoms with Gasteiger partial charge in [-0.1, -0.05) is 20.3 Å². The molecule has 1 aromatic rings. The van der Waals surface area contributed by atoms with E-state index in [-0.39, 0.29) is 5.54 Å². The lowest BCUT2D eigenvalue weighted by Crippen LogP contribution is -2.49. The first-order chi connectivity index (χ1) is 9.56. The number of nitrogens with zero attached hydrogens (tertiary/aromatic N) is 3. The molecule has 1 aliphatic heterocycles. The molecule has 0 amide bonds. The SMILES string of the molecule is CCCc1cnc(N2CCC(C(C)(N)CC)CC2)cn1. The van der Waals surface area contributed by atoms with Crippen LogP contribution in [-0.4, -0.2) is 28.6 Å². The second-order valence-electron chi connectivity index (χ2n) is 6.24. The van der Waals surface area contributed by atoms with Crippen molar-refractivity contribution in [3.8, 4) is 0 Å². The summed E-state index contributed by atoms with van der Waals surface area (Å²) in [6, 6.07) is 0. The minimum absolute atomic E-state index is 0.0250. The van der Waals surface area contributed by atoms with Crippen LogP contribution in [0.25, 0.3) is 0 Å². The van der Waals surface area contributed by atoms with Crippen molar-refractivity contribution in [3.05, 3.63) is 18.1 Å². The van der Waals surface area contributed by atoms with Crippen LogP contribution in [0.5, 0.6) is 0 Å². The van der Waals surface area contributed by atoms with Crippen molar-refractivity contribution in [3.63, 3.8) is 0 Å². The first kappa shape index (κ1) is 15.2. The predicted octanol–water partition coefficient (Wildman–Crippen LogP) is 2.77. The zero-order chi connectivity index (χ0) is 14.6. The van der Waals surface area contributed by atoms with Crippen LogP contribution in [-0.2, 0) is 6.42 Å². The van der Waals surface area contributed by atoms with Crippen LogP contribution < -0.4 is 10.6 Å². The second kappa shape index (κ2) is 6.53. The Balaban J connectivity index is 1.93. The average molecular weight is 276 g/mol. The third kappa shape index (κ3) is 3.48. The Labute approximate surface area is 122 Å². The molecule has 0 radical (unpaired) electrons. The van der Waals surface area contributed by atoms with E-state index in [4.69, 9.17) is 5.73 Å². The normalized spacial score (nSPS) is 19.9. The summed E-state index contributed by atoms with van der Waals surface area (Å²) in [7, 11) is 0. The molecule has 0 aliphatic carbocycles. The maximum atomic E-state index is 6.38. The molecule has 1 atom stereocenters. The molecule has 2 rings (SSSR count). The molecule has 2 heterocycles. The van der Waals surface area contributed by atoms with Gasteiger partial charge in [0.1, 0.15) is 5.82 Å². The first-order valence-electron chi connectivity index (χ1n) is 7.91. The van der Waals surface area contributed by atoms with E-state index in [9.17, 15) is 0 Å². The molecule has 0 spiro atoms. The van der Waals surface area contributed by atoms with Gasteiger partial charge in [0.15, 0.2) is 0 Å². The Morgan fingerprint density at radius 1 is 1.25 bits per heavy atom. The molecule has 1 aromatic heterocycles. The molecule has 4 nitrogen and oxygen atoms in total. The number of hydrogen-bond donors (Lipinski definition) is 1. The lowest BCUT2D eigenvalue weighted by atomic mass is 9.78. The summed E-state index contributed by atoms with van der Waals surface area (Å²) < 4.78 is 0. The smallest absolute Gasteiger partial charge is 0.147 e. The van der Waals surface area contributed by atoms with Gasteiger partial charge >= 0.3 is 0 Å². The topological polar surface area (TPSA) is 55.0 Å².